The first kappa shape index (κ1) is 27.8. The molecular weight excluding hydrogens is 502 g/mol. The second-order valence-electron chi connectivity index (χ2n) is 9.38. The molecule has 9 heteroatoms. The summed E-state index contributed by atoms with van der Waals surface area (Å²) in [5.41, 5.74) is 4.31. The van der Waals surface area contributed by atoms with Gasteiger partial charge in [0.25, 0.3) is 0 Å². The molecule has 0 saturated carbocycles. The van der Waals surface area contributed by atoms with Gasteiger partial charge in [-0.1, -0.05) is 48.0 Å². The molecule has 0 saturated heterocycles. The molecule has 0 spiro atoms. The van der Waals surface area contributed by atoms with E-state index in [4.69, 9.17) is 4.74 Å². The number of aromatic nitrogens is 1. The van der Waals surface area contributed by atoms with E-state index >= 15 is 0 Å². The number of H-pyrrole nitrogens is 1. The average molecular weight is 535 g/mol. The van der Waals surface area contributed by atoms with Gasteiger partial charge in [-0.2, -0.15) is 0 Å². The molecule has 3 amide bonds. The summed E-state index contributed by atoms with van der Waals surface area (Å²) in [4.78, 5) is 32.9. The molecule has 39 heavy (non-hydrogen) atoms. The molecule has 0 aliphatic carbocycles. The van der Waals surface area contributed by atoms with Gasteiger partial charge in [0.2, 0.25) is 5.91 Å². The number of para-hydroxylation sites is 1. The van der Waals surface area contributed by atoms with Crippen molar-refractivity contribution < 1.29 is 23.1 Å². The van der Waals surface area contributed by atoms with Gasteiger partial charge in [0.15, 0.2) is 11.6 Å². The van der Waals surface area contributed by atoms with Gasteiger partial charge < -0.3 is 24.8 Å². The zero-order chi connectivity index (χ0) is 27.8. The second kappa shape index (κ2) is 13.0. The van der Waals surface area contributed by atoms with Crippen LogP contribution in [0.3, 0.4) is 0 Å². The van der Waals surface area contributed by atoms with Gasteiger partial charge in [0.1, 0.15) is 6.54 Å². The van der Waals surface area contributed by atoms with Crippen LogP contribution in [0.1, 0.15) is 16.7 Å². The summed E-state index contributed by atoms with van der Waals surface area (Å²) in [5.74, 6) is -2.33. The molecule has 3 aromatic carbocycles. The maximum atomic E-state index is 13.7. The highest BCUT2D eigenvalue weighted by Gasteiger charge is 2.22. The fraction of sp³-hybridized carbons (Fsp3) is 0.267. The van der Waals surface area contributed by atoms with E-state index in [0.29, 0.717) is 19.5 Å². The molecule has 0 fully saturated rings. The van der Waals surface area contributed by atoms with E-state index in [9.17, 15) is 18.4 Å². The summed E-state index contributed by atoms with van der Waals surface area (Å²) in [6.45, 7) is 2.95. The van der Waals surface area contributed by atoms with Crippen LogP contribution in [0, 0.1) is 18.6 Å². The van der Waals surface area contributed by atoms with Crippen molar-refractivity contribution in [1.29, 1.82) is 0 Å². The molecule has 2 N–H and O–H groups in total. The number of amides is 3. The number of urea groups is 1. The van der Waals surface area contributed by atoms with Gasteiger partial charge in [-0.15, -0.1) is 0 Å². The van der Waals surface area contributed by atoms with E-state index in [1.807, 2.05) is 61.7 Å². The fourth-order valence-electron chi connectivity index (χ4n) is 4.29. The van der Waals surface area contributed by atoms with E-state index in [1.165, 1.54) is 18.1 Å². The van der Waals surface area contributed by atoms with Crippen LogP contribution in [0.25, 0.3) is 10.9 Å². The van der Waals surface area contributed by atoms with Crippen LogP contribution in [0.2, 0.25) is 0 Å². The zero-order valence-corrected chi connectivity index (χ0v) is 22.0. The molecule has 1 heterocycles. The lowest BCUT2D eigenvalue weighted by atomic mass is 10.1. The van der Waals surface area contributed by atoms with Gasteiger partial charge in [-0.3, -0.25) is 4.79 Å². The lowest BCUT2D eigenvalue weighted by molar-refractivity contribution is -0.132. The quantitative estimate of drug-likeness (QED) is 0.267. The Bertz CT molecular complexity index is 1420. The second-order valence-corrected chi connectivity index (χ2v) is 9.38. The minimum Gasteiger partial charge on any atom is -0.383 e. The SMILES string of the molecule is COCCN(CC(=O)N(CCc1c[nH]c2ccccc12)Cc1ccc(C)cc1)C(=O)Nc1ccc(F)c(F)c1. The molecular formula is C30H32F2N4O3. The van der Waals surface area contributed by atoms with Crippen molar-refractivity contribution in [2.45, 2.75) is 19.9 Å². The number of hydrogen-bond acceptors (Lipinski definition) is 3. The van der Waals surface area contributed by atoms with E-state index in [2.05, 4.69) is 10.3 Å². The van der Waals surface area contributed by atoms with Crippen molar-refractivity contribution in [2.24, 2.45) is 0 Å². The smallest absolute Gasteiger partial charge is 0.322 e. The summed E-state index contributed by atoms with van der Waals surface area (Å²) in [7, 11) is 1.50. The van der Waals surface area contributed by atoms with Crippen LogP contribution in [-0.4, -0.2) is 60.1 Å². The molecule has 0 radical (unpaired) electrons. The van der Waals surface area contributed by atoms with E-state index < -0.39 is 17.7 Å². The monoisotopic (exact) mass is 534 g/mol. The van der Waals surface area contributed by atoms with Gasteiger partial charge in [0, 0.05) is 55.6 Å². The van der Waals surface area contributed by atoms with E-state index in [1.54, 1.807) is 4.90 Å². The first-order valence-corrected chi connectivity index (χ1v) is 12.7. The van der Waals surface area contributed by atoms with Crippen molar-refractivity contribution in [3.8, 4) is 0 Å². The predicted octanol–water partition coefficient (Wildman–Crippen LogP) is 5.51. The highest BCUT2D eigenvalue weighted by atomic mass is 19.2. The topological polar surface area (TPSA) is 77.7 Å². The molecule has 1 aromatic heterocycles. The Hall–Kier alpha value is -4.24. The van der Waals surface area contributed by atoms with Crippen LogP contribution in [0.4, 0.5) is 19.3 Å². The number of aryl methyl sites for hydroxylation is 1. The number of methoxy groups -OCH3 is 1. The van der Waals surface area contributed by atoms with Gasteiger partial charge in [0.05, 0.1) is 6.61 Å². The number of carbonyl (C=O) groups is 2. The predicted molar refractivity (Wildman–Crippen MR) is 147 cm³/mol. The number of nitrogens with one attached hydrogen (secondary N) is 2. The summed E-state index contributed by atoms with van der Waals surface area (Å²) < 4.78 is 32.1. The summed E-state index contributed by atoms with van der Waals surface area (Å²) in [6.07, 6.45) is 2.58. The fourth-order valence-corrected chi connectivity index (χ4v) is 4.29. The minimum atomic E-state index is -1.08. The Morgan fingerprint density at radius 1 is 0.949 bits per heavy atom. The number of rotatable bonds is 11. The van der Waals surface area contributed by atoms with Gasteiger partial charge >= 0.3 is 6.03 Å². The summed E-state index contributed by atoms with van der Waals surface area (Å²) in [6, 6.07) is 18.4. The molecule has 204 valence electrons. The summed E-state index contributed by atoms with van der Waals surface area (Å²) >= 11 is 0. The summed E-state index contributed by atoms with van der Waals surface area (Å²) in [5, 5.41) is 3.65. The third-order valence-corrected chi connectivity index (χ3v) is 6.52. The molecule has 0 aliphatic rings. The van der Waals surface area contributed by atoms with Crippen molar-refractivity contribution in [2.75, 3.05) is 38.7 Å². The molecule has 0 unspecified atom stereocenters. The van der Waals surface area contributed by atoms with Crippen molar-refractivity contribution >= 4 is 28.5 Å². The van der Waals surface area contributed by atoms with E-state index in [0.717, 1.165) is 39.7 Å². The third-order valence-electron chi connectivity index (χ3n) is 6.52. The largest absolute Gasteiger partial charge is 0.383 e. The van der Waals surface area contributed by atoms with E-state index in [-0.39, 0.29) is 31.3 Å². The average Bonchev–Trinajstić information content (AvgIpc) is 3.35. The lowest BCUT2D eigenvalue weighted by Crippen LogP contribution is -2.46. The number of aromatic amines is 1. The Balaban J connectivity index is 1.51. The maximum absolute atomic E-state index is 13.7. The number of anilines is 1. The molecule has 0 aliphatic heterocycles. The lowest BCUT2D eigenvalue weighted by Gasteiger charge is -2.28. The first-order chi connectivity index (χ1) is 18.8. The molecule has 0 bridgehead atoms. The van der Waals surface area contributed by atoms with Crippen LogP contribution in [0.5, 0.6) is 0 Å². The molecule has 0 atom stereocenters. The normalized spacial score (nSPS) is 11.0. The molecule has 4 rings (SSSR count). The Morgan fingerprint density at radius 3 is 2.46 bits per heavy atom. The van der Waals surface area contributed by atoms with Gasteiger partial charge in [-0.25, -0.2) is 13.6 Å². The number of ether oxygens (including phenoxy) is 1. The maximum Gasteiger partial charge on any atom is 0.322 e. The highest BCUT2D eigenvalue weighted by molar-refractivity contribution is 5.92. The Morgan fingerprint density at radius 2 is 1.72 bits per heavy atom. The van der Waals surface area contributed by atoms with Crippen molar-refractivity contribution in [3.63, 3.8) is 0 Å². The van der Waals surface area contributed by atoms with Crippen LogP contribution >= 0.6 is 0 Å². The third kappa shape index (κ3) is 7.42. The number of carbonyl (C=O) groups excluding carboxylic acids is 2. The standard InChI is InChI=1S/C30H32F2N4O3/c1-21-7-9-22(10-8-21)19-35(14-13-23-18-33-28-6-4-3-5-25(23)28)29(37)20-36(15-16-39-2)30(38)34-24-11-12-26(31)27(32)17-24/h3-12,17-18,33H,13-16,19-20H2,1-2H3,(H,34,38). The number of hydrogen-bond donors (Lipinski definition) is 2. The van der Waals surface area contributed by atoms with Gasteiger partial charge in [-0.05, 0) is 42.7 Å². The first-order valence-electron chi connectivity index (χ1n) is 12.7. The van der Waals surface area contributed by atoms with Crippen LogP contribution < -0.4 is 5.32 Å². The van der Waals surface area contributed by atoms with Crippen LogP contribution in [-0.2, 0) is 22.5 Å². The number of benzene rings is 3. The minimum absolute atomic E-state index is 0.0876. The number of nitrogens with zero attached hydrogens (tertiary/aromatic N) is 2. The molecule has 7 nitrogen and oxygen atoms in total. The highest BCUT2D eigenvalue weighted by Crippen LogP contribution is 2.19. The number of halogens is 2. The Kier molecular flexibility index (Phi) is 9.27. The Labute approximate surface area is 226 Å². The number of fused-ring (bicyclic) bond motifs is 1. The zero-order valence-electron chi connectivity index (χ0n) is 22.0. The van der Waals surface area contributed by atoms with Crippen LogP contribution in [0.15, 0.2) is 72.9 Å². The molecule has 4 aromatic rings. The van der Waals surface area contributed by atoms with Crippen molar-refractivity contribution in [3.05, 3.63) is 101 Å². The van der Waals surface area contributed by atoms with Crippen molar-refractivity contribution in [1.82, 2.24) is 14.8 Å².